The molecule has 9 heteroatoms. The fourth-order valence-electron chi connectivity index (χ4n) is 2.48. The van der Waals surface area contributed by atoms with E-state index >= 15 is 0 Å². The molecule has 2 fully saturated rings. The molecule has 2 saturated heterocycles. The molecule has 2 rings (SSSR count). The van der Waals surface area contributed by atoms with Crippen LogP contribution in [0.25, 0.3) is 0 Å². The highest BCUT2D eigenvalue weighted by molar-refractivity contribution is 7.99. The van der Waals surface area contributed by atoms with Crippen LogP contribution in [0.2, 0.25) is 0 Å². The summed E-state index contributed by atoms with van der Waals surface area (Å²) in [6, 6.07) is -0.0633. The Morgan fingerprint density at radius 1 is 1.50 bits per heavy atom. The molecule has 0 aromatic rings. The van der Waals surface area contributed by atoms with Gasteiger partial charge in [0.15, 0.2) is 0 Å². The average molecular weight is 344 g/mol. The Kier molecular flexibility index (Phi) is 7.07. The summed E-state index contributed by atoms with van der Waals surface area (Å²) in [6.07, 6.45) is 3.08. The van der Waals surface area contributed by atoms with Crippen LogP contribution in [0, 0.1) is 5.92 Å². The van der Waals surface area contributed by atoms with Crippen molar-refractivity contribution in [3.63, 3.8) is 0 Å². The number of hydrogen-bond acceptors (Lipinski definition) is 5. The van der Waals surface area contributed by atoms with Gasteiger partial charge in [-0.1, -0.05) is 0 Å². The molecule has 0 radical (unpaired) electrons. The van der Waals surface area contributed by atoms with Crippen molar-refractivity contribution in [1.29, 1.82) is 0 Å². The van der Waals surface area contributed by atoms with Gasteiger partial charge in [0.25, 0.3) is 0 Å². The van der Waals surface area contributed by atoms with Crippen molar-refractivity contribution < 1.29 is 13.2 Å². The minimum absolute atomic E-state index is 0. The highest BCUT2D eigenvalue weighted by Crippen LogP contribution is 2.19. The van der Waals surface area contributed by atoms with Crippen molar-refractivity contribution in [2.45, 2.75) is 18.9 Å². The van der Waals surface area contributed by atoms with Gasteiger partial charge in [-0.2, -0.15) is 0 Å². The van der Waals surface area contributed by atoms with Crippen LogP contribution in [0.4, 0.5) is 0 Å². The summed E-state index contributed by atoms with van der Waals surface area (Å²) in [7, 11) is -3.15. The first-order valence-corrected chi connectivity index (χ1v) is 9.55. The van der Waals surface area contributed by atoms with E-state index in [-0.39, 0.29) is 30.3 Å². The third-order valence-electron chi connectivity index (χ3n) is 3.48. The van der Waals surface area contributed by atoms with Crippen molar-refractivity contribution in [2.24, 2.45) is 5.92 Å². The van der Waals surface area contributed by atoms with E-state index in [9.17, 15) is 13.2 Å². The molecular weight excluding hydrogens is 322 g/mol. The lowest BCUT2D eigenvalue weighted by Crippen LogP contribution is -2.50. The highest BCUT2D eigenvalue weighted by Gasteiger charge is 2.30. The summed E-state index contributed by atoms with van der Waals surface area (Å²) in [5.74, 6) is 2.06. The molecule has 0 aromatic carbocycles. The molecule has 0 aromatic heterocycles. The van der Waals surface area contributed by atoms with Crippen molar-refractivity contribution in [3.8, 4) is 0 Å². The van der Waals surface area contributed by atoms with E-state index in [0.29, 0.717) is 13.1 Å². The first kappa shape index (κ1) is 18.0. The maximum atomic E-state index is 12.3. The SMILES string of the molecule is CS(=O)(=O)NCC1CCCN(C(=O)C2CSCN2)C1.Cl. The molecule has 2 unspecified atom stereocenters. The second-order valence-electron chi connectivity index (χ2n) is 5.18. The first-order valence-electron chi connectivity index (χ1n) is 6.50. The molecule has 0 saturated carbocycles. The first-order chi connectivity index (χ1) is 8.96. The molecule has 6 nitrogen and oxygen atoms in total. The Balaban J connectivity index is 0.00000200. The van der Waals surface area contributed by atoms with Gasteiger partial charge in [0.2, 0.25) is 15.9 Å². The number of thioether (sulfide) groups is 1. The fourth-order valence-corrected chi connectivity index (χ4v) is 3.95. The van der Waals surface area contributed by atoms with Crippen LogP contribution in [0.1, 0.15) is 12.8 Å². The minimum Gasteiger partial charge on any atom is -0.341 e. The molecule has 2 N–H and O–H groups in total. The number of carbonyl (C=O) groups is 1. The second-order valence-corrected chi connectivity index (χ2v) is 8.05. The molecule has 2 atom stereocenters. The largest absolute Gasteiger partial charge is 0.341 e. The van der Waals surface area contributed by atoms with Gasteiger partial charge >= 0.3 is 0 Å². The predicted molar refractivity (Wildman–Crippen MR) is 83.6 cm³/mol. The fraction of sp³-hybridized carbons (Fsp3) is 0.909. The molecule has 118 valence electrons. The van der Waals surface area contributed by atoms with E-state index in [0.717, 1.165) is 31.0 Å². The monoisotopic (exact) mass is 343 g/mol. The zero-order valence-electron chi connectivity index (χ0n) is 11.5. The van der Waals surface area contributed by atoms with Crippen LogP contribution in [0.3, 0.4) is 0 Å². The van der Waals surface area contributed by atoms with Crippen LogP contribution in [0.15, 0.2) is 0 Å². The van der Waals surface area contributed by atoms with Gasteiger partial charge in [-0.3, -0.25) is 10.1 Å². The molecule has 0 spiro atoms. The summed E-state index contributed by atoms with van der Waals surface area (Å²) in [5, 5.41) is 3.18. The van der Waals surface area contributed by atoms with E-state index in [4.69, 9.17) is 0 Å². The standard InChI is InChI=1S/C11H21N3O3S2.ClH/c1-19(16,17)13-5-9-3-2-4-14(6-9)11(15)10-7-18-8-12-10;/h9-10,12-13H,2-8H2,1H3;1H. The van der Waals surface area contributed by atoms with E-state index in [2.05, 4.69) is 10.0 Å². The zero-order chi connectivity index (χ0) is 13.9. The Hall–Kier alpha value is -0.0200. The summed E-state index contributed by atoms with van der Waals surface area (Å²) in [4.78, 5) is 14.1. The van der Waals surface area contributed by atoms with Crippen molar-refractivity contribution in [2.75, 3.05) is 37.5 Å². The maximum absolute atomic E-state index is 12.3. The van der Waals surface area contributed by atoms with E-state index < -0.39 is 10.0 Å². The van der Waals surface area contributed by atoms with Gasteiger partial charge in [-0.05, 0) is 18.8 Å². The second kappa shape index (κ2) is 7.84. The summed E-state index contributed by atoms with van der Waals surface area (Å²) >= 11 is 1.74. The van der Waals surface area contributed by atoms with Crippen molar-refractivity contribution in [1.82, 2.24) is 14.9 Å². The van der Waals surface area contributed by atoms with Crippen molar-refractivity contribution in [3.05, 3.63) is 0 Å². The molecule has 1 amide bonds. The Morgan fingerprint density at radius 2 is 2.25 bits per heavy atom. The van der Waals surface area contributed by atoms with Gasteiger partial charge in [0, 0.05) is 31.3 Å². The summed E-state index contributed by atoms with van der Waals surface area (Å²) < 4.78 is 24.7. The molecule has 2 aliphatic heterocycles. The Bertz CT molecular complexity index is 427. The number of hydrogen-bond donors (Lipinski definition) is 2. The number of sulfonamides is 1. The maximum Gasteiger partial charge on any atom is 0.240 e. The van der Waals surface area contributed by atoms with Gasteiger partial charge in [-0.15, -0.1) is 24.2 Å². The molecular formula is C11H22ClN3O3S2. The number of piperidine rings is 1. The van der Waals surface area contributed by atoms with Crippen molar-refractivity contribution >= 4 is 40.1 Å². The van der Waals surface area contributed by atoms with Gasteiger partial charge in [0.05, 0.1) is 12.3 Å². The average Bonchev–Trinajstić information content (AvgIpc) is 2.89. The van der Waals surface area contributed by atoms with E-state index in [1.807, 2.05) is 4.90 Å². The predicted octanol–water partition coefficient (Wildman–Crippen LogP) is -0.141. The molecule has 0 bridgehead atoms. The third kappa shape index (κ3) is 5.40. The van der Waals surface area contributed by atoms with Crippen LogP contribution in [-0.4, -0.2) is 62.8 Å². The van der Waals surface area contributed by atoms with Crippen LogP contribution >= 0.6 is 24.2 Å². The number of nitrogens with one attached hydrogen (secondary N) is 2. The molecule has 20 heavy (non-hydrogen) atoms. The van der Waals surface area contributed by atoms with Crippen LogP contribution < -0.4 is 10.0 Å². The minimum atomic E-state index is -3.15. The molecule has 0 aliphatic carbocycles. The number of carbonyl (C=O) groups excluding carboxylic acids is 1. The van der Waals surface area contributed by atoms with Gasteiger partial charge < -0.3 is 4.90 Å². The summed E-state index contributed by atoms with van der Waals surface area (Å²) in [6.45, 7) is 1.87. The Morgan fingerprint density at radius 3 is 2.85 bits per heavy atom. The number of halogens is 1. The number of likely N-dealkylation sites (tertiary alicyclic amines) is 1. The lowest BCUT2D eigenvalue weighted by atomic mass is 9.98. The van der Waals surface area contributed by atoms with Crippen LogP contribution in [0.5, 0.6) is 0 Å². The van der Waals surface area contributed by atoms with E-state index in [1.165, 1.54) is 6.26 Å². The highest BCUT2D eigenvalue weighted by atomic mass is 35.5. The lowest BCUT2D eigenvalue weighted by Gasteiger charge is -2.34. The molecule has 2 aliphatic rings. The molecule has 2 heterocycles. The van der Waals surface area contributed by atoms with Crippen LogP contribution in [-0.2, 0) is 14.8 Å². The number of amides is 1. The smallest absolute Gasteiger partial charge is 0.240 e. The van der Waals surface area contributed by atoms with Gasteiger partial charge in [-0.25, -0.2) is 13.1 Å². The zero-order valence-corrected chi connectivity index (χ0v) is 14.0. The van der Waals surface area contributed by atoms with Gasteiger partial charge in [0.1, 0.15) is 0 Å². The normalized spacial score (nSPS) is 27.1. The quantitative estimate of drug-likeness (QED) is 0.742. The topological polar surface area (TPSA) is 78.5 Å². The van der Waals surface area contributed by atoms with E-state index in [1.54, 1.807) is 11.8 Å². The number of nitrogens with zero attached hydrogens (tertiary/aromatic N) is 1. The summed E-state index contributed by atoms with van der Waals surface area (Å²) in [5.41, 5.74) is 0. The lowest BCUT2D eigenvalue weighted by molar-refractivity contribution is -0.134. The Labute approximate surface area is 130 Å². The number of rotatable bonds is 4. The third-order valence-corrected chi connectivity index (χ3v) is 5.11.